The summed E-state index contributed by atoms with van der Waals surface area (Å²) in [5.41, 5.74) is 3.15. The van der Waals surface area contributed by atoms with Crippen molar-refractivity contribution in [1.82, 2.24) is 4.57 Å². The summed E-state index contributed by atoms with van der Waals surface area (Å²) in [6.45, 7) is 2.34. The fourth-order valence-corrected chi connectivity index (χ4v) is 3.91. The summed E-state index contributed by atoms with van der Waals surface area (Å²) >= 11 is 1.62. The van der Waals surface area contributed by atoms with Gasteiger partial charge in [-0.1, -0.05) is 41.2 Å². The zero-order valence-electron chi connectivity index (χ0n) is 12.1. The first kappa shape index (κ1) is 14.1. The van der Waals surface area contributed by atoms with E-state index in [0.717, 1.165) is 28.8 Å². The van der Waals surface area contributed by atoms with Crippen LogP contribution in [0.3, 0.4) is 0 Å². The fraction of sp³-hybridized carbons (Fsp3) is 0.375. The number of hydrogen-bond acceptors (Lipinski definition) is 4. The maximum Gasteiger partial charge on any atom is 0.208 e. The number of hydrogen-bond donors (Lipinski definition) is 1. The smallest absolute Gasteiger partial charge is 0.208 e. The van der Waals surface area contributed by atoms with Crippen LogP contribution in [0.5, 0.6) is 0 Å². The minimum Gasteiger partial charge on any atom is -0.320 e. The molecule has 0 fully saturated rings. The second-order valence-electron chi connectivity index (χ2n) is 5.47. The molecule has 0 atom stereocenters. The van der Waals surface area contributed by atoms with Gasteiger partial charge in [0.1, 0.15) is 0 Å². The van der Waals surface area contributed by atoms with Crippen molar-refractivity contribution >= 4 is 17.1 Å². The molecule has 3 rings (SSSR count). The molecule has 0 amide bonds. The van der Waals surface area contributed by atoms with Gasteiger partial charge in [0.15, 0.2) is 5.78 Å². The van der Waals surface area contributed by atoms with Crippen molar-refractivity contribution in [2.75, 3.05) is 0 Å². The van der Waals surface area contributed by atoms with Crippen LogP contribution in [0, 0.1) is 6.92 Å². The molecule has 110 valence electrons. The first-order valence-electron chi connectivity index (χ1n) is 7.24. The summed E-state index contributed by atoms with van der Waals surface area (Å²) in [5.74, 6) is 5.61. The van der Waals surface area contributed by atoms with Gasteiger partial charge in [-0.05, 0) is 32.6 Å². The van der Waals surface area contributed by atoms with E-state index in [1.165, 1.54) is 23.4 Å². The molecule has 1 aromatic heterocycles. The van der Waals surface area contributed by atoms with Crippen LogP contribution in [0.1, 0.15) is 39.3 Å². The van der Waals surface area contributed by atoms with E-state index in [2.05, 4.69) is 5.10 Å². The van der Waals surface area contributed by atoms with Gasteiger partial charge in [0, 0.05) is 16.1 Å². The number of aromatic nitrogens is 1. The van der Waals surface area contributed by atoms with Gasteiger partial charge in [0.25, 0.3) is 0 Å². The lowest BCUT2D eigenvalue weighted by molar-refractivity contribution is 0.0970. The molecule has 2 aromatic rings. The largest absolute Gasteiger partial charge is 0.320 e. The number of thiazole rings is 1. The number of Topliss-reactive ketones (excluding diaryl/α,β-unsaturated/α-hetero) is 1. The van der Waals surface area contributed by atoms with E-state index in [9.17, 15) is 4.79 Å². The van der Waals surface area contributed by atoms with E-state index in [-0.39, 0.29) is 5.78 Å². The Bertz CT molecular complexity index is 725. The maximum absolute atomic E-state index is 12.5. The third kappa shape index (κ3) is 2.78. The lowest BCUT2D eigenvalue weighted by Gasteiger charge is -2.14. The Balaban J connectivity index is 1.92. The average molecular weight is 301 g/mol. The van der Waals surface area contributed by atoms with E-state index < -0.39 is 0 Å². The summed E-state index contributed by atoms with van der Waals surface area (Å²) in [4.78, 5) is 14.6. The molecule has 21 heavy (non-hydrogen) atoms. The number of benzene rings is 1. The molecule has 0 saturated carbocycles. The number of rotatable bonds is 3. The first-order valence-corrected chi connectivity index (χ1v) is 8.06. The van der Waals surface area contributed by atoms with Crippen LogP contribution < -0.4 is 10.6 Å². The Hall–Kier alpha value is -1.88. The summed E-state index contributed by atoms with van der Waals surface area (Å²) in [6.07, 6.45) is 4.48. The number of carbonyl (C=O) groups is 1. The number of carbonyl (C=O) groups excluding carboxylic acids is 1. The van der Waals surface area contributed by atoms with Crippen molar-refractivity contribution in [3.63, 3.8) is 0 Å². The van der Waals surface area contributed by atoms with E-state index in [0.29, 0.717) is 6.54 Å². The van der Waals surface area contributed by atoms with E-state index in [4.69, 9.17) is 5.84 Å². The van der Waals surface area contributed by atoms with Crippen molar-refractivity contribution in [2.24, 2.45) is 10.9 Å². The Morgan fingerprint density at radius 2 is 2.00 bits per heavy atom. The number of nitrogens with zero attached hydrogens (tertiary/aromatic N) is 2. The topological polar surface area (TPSA) is 60.4 Å². The van der Waals surface area contributed by atoms with Gasteiger partial charge in [0.2, 0.25) is 4.80 Å². The molecule has 2 N–H and O–H groups in total. The van der Waals surface area contributed by atoms with E-state index >= 15 is 0 Å². The monoisotopic (exact) mass is 301 g/mol. The average Bonchev–Trinajstić information content (AvgIpc) is 2.86. The number of aryl methyl sites for hydroxylation is 2. The second kappa shape index (κ2) is 5.85. The van der Waals surface area contributed by atoms with Gasteiger partial charge < -0.3 is 10.4 Å². The lowest BCUT2D eigenvalue weighted by Crippen LogP contribution is -2.24. The molecule has 0 aliphatic heterocycles. The van der Waals surface area contributed by atoms with Gasteiger partial charge in [-0.2, -0.15) is 5.10 Å². The summed E-state index contributed by atoms with van der Waals surface area (Å²) < 4.78 is 2.00. The minimum absolute atomic E-state index is 0.107. The Morgan fingerprint density at radius 3 is 2.71 bits per heavy atom. The summed E-state index contributed by atoms with van der Waals surface area (Å²) in [6, 6.07) is 7.71. The quantitative estimate of drug-likeness (QED) is 0.537. The van der Waals surface area contributed by atoms with Crippen LogP contribution in [-0.2, 0) is 19.4 Å². The van der Waals surface area contributed by atoms with Crippen molar-refractivity contribution in [1.29, 1.82) is 0 Å². The molecule has 1 aromatic carbocycles. The van der Waals surface area contributed by atoms with Crippen molar-refractivity contribution in [2.45, 2.75) is 39.2 Å². The van der Waals surface area contributed by atoms with E-state index in [1.807, 2.05) is 35.8 Å². The Morgan fingerprint density at radius 1 is 1.29 bits per heavy atom. The minimum atomic E-state index is 0.107. The predicted octanol–water partition coefficient (Wildman–Crippen LogP) is 2.39. The standard InChI is InChI=1S/C16H19N3OS/c1-11-6-8-12(9-7-11)14(20)10-19-13-4-2-3-5-15(13)21-16(19)18-17/h6-9H,2-5,10,17H2,1H3. The SMILES string of the molecule is Cc1ccc(C(=O)Cn2c3c(sc2=NN)CCCC3)cc1. The highest BCUT2D eigenvalue weighted by molar-refractivity contribution is 7.09. The molecule has 4 nitrogen and oxygen atoms in total. The highest BCUT2D eigenvalue weighted by Crippen LogP contribution is 2.23. The molecule has 1 heterocycles. The lowest BCUT2D eigenvalue weighted by atomic mass is 10.0. The van der Waals surface area contributed by atoms with E-state index in [1.54, 1.807) is 11.3 Å². The third-order valence-electron chi connectivity index (χ3n) is 3.95. The molecule has 0 unspecified atom stereocenters. The molecule has 0 saturated heterocycles. The van der Waals surface area contributed by atoms with Gasteiger partial charge >= 0.3 is 0 Å². The summed E-state index contributed by atoms with van der Waals surface area (Å²) in [5, 5.41) is 3.87. The normalized spacial score (nSPS) is 15.0. The molecular formula is C16H19N3OS. The third-order valence-corrected chi connectivity index (χ3v) is 5.14. The number of nitrogens with two attached hydrogens (primary N) is 1. The van der Waals surface area contributed by atoms with Crippen LogP contribution in [-0.4, -0.2) is 10.4 Å². The van der Waals surface area contributed by atoms with Crippen LogP contribution in [0.25, 0.3) is 0 Å². The van der Waals surface area contributed by atoms with Crippen molar-refractivity contribution in [3.05, 3.63) is 50.8 Å². The van der Waals surface area contributed by atoms with Crippen molar-refractivity contribution in [3.8, 4) is 0 Å². The molecule has 0 spiro atoms. The molecule has 5 heteroatoms. The van der Waals surface area contributed by atoms with Gasteiger partial charge in [-0.3, -0.25) is 4.79 Å². The van der Waals surface area contributed by atoms with Crippen molar-refractivity contribution < 1.29 is 4.79 Å². The molecule has 1 aliphatic carbocycles. The molecular weight excluding hydrogens is 282 g/mol. The highest BCUT2D eigenvalue weighted by atomic mass is 32.1. The van der Waals surface area contributed by atoms with Crippen LogP contribution in [0.15, 0.2) is 29.4 Å². The fourth-order valence-electron chi connectivity index (χ4n) is 2.77. The van der Waals surface area contributed by atoms with Gasteiger partial charge in [-0.25, -0.2) is 0 Å². The van der Waals surface area contributed by atoms with Gasteiger partial charge in [-0.15, -0.1) is 0 Å². The zero-order chi connectivity index (χ0) is 14.8. The highest BCUT2D eigenvalue weighted by Gasteiger charge is 2.19. The van der Waals surface area contributed by atoms with Crippen LogP contribution in [0.2, 0.25) is 0 Å². The molecule has 0 bridgehead atoms. The van der Waals surface area contributed by atoms with Crippen LogP contribution in [0.4, 0.5) is 0 Å². The zero-order valence-corrected chi connectivity index (χ0v) is 12.9. The Kier molecular flexibility index (Phi) is 3.92. The van der Waals surface area contributed by atoms with Crippen LogP contribution >= 0.6 is 11.3 Å². The predicted molar refractivity (Wildman–Crippen MR) is 84.2 cm³/mol. The molecule has 1 aliphatic rings. The Labute approximate surface area is 127 Å². The molecule has 0 radical (unpaired) electrons. The maximum atomic E-state index is 12.5. The number of fused-ring (bicyclic) bond motifs is 1. The first-order chi connectivity index (χ1) is 10.2. The number of ketones is 1. The summed E-state index contributed by atoms with van der Waals surface area (Å²) in [7, 11) is 0. The second-order valence-corrected chi connectivity index (χ2v) is 6.53. The van der Waals surface area contributed by atoms with Gasteiger partial charge in [0.05, 0.1) is 6.54 Å².